The molecule has 1 unspecified atom stereocenters. The summed E-state index contributed by atoms with van der Waals surface area (Å²) in [4.78, 5) is 12.6. The number of hydrogen-bond donors (Lipinski definition) is 1. The van der Waals surface area contributed by atoms with E-state index in [1.54, 1.807) is 29.1 Å². The van der Waals surface area contributed by atoms with Crippen LogP contribution >= 0.6 is 15.9 Å². The fraction of sp³-hybridized carbons (Fsp3) is 0.273. The van der Waals surface area contributed by atoms with Gasteiger partial charge in [0.2, 0.25) is 0 Å². The molecule has 1 amide bonds. The maximum absolute atomic E-state index is 12.6. The number of benzene rings is 2. The SMILES string of the molecule is O=C(Nc1ccnn1Cc1ccccc1Br)c1ccc(OCC2CCCO2)cc1. The Morgan fingerprint density at radius 1 is 1.21 bits per heavy atom. The maximum Gasteiger partial charge on any atom is 0.256 e. The van der Waals surface area contributed by atoms with Gasteiger partial charge >= 0.3 is 0 Å². The number of carbonyl (C=O) groups excluding carboxylic acids is 1. The van der Waals surface area contributed by atoms with Gasteiger partial charge in [-0.15, -0.1) is 0 Å². The number of ether oxygens (including phenoxy) is 2. The van der Waals surface area contributed by atoms with Crippen LogP contribution in [-0.4, -0.2) is 35.0 Å². The van der Waals surface area contributed by atoms with Crippen LogP contribution < -0.4 is 10.1 Å². The number of aromatic nitrogens is 2. The quantitative estimate of drug-likeness (QED) is 0.569. The minimum atomic E-state index is -0.190. The molecule has 150 valence electrons. The van der Waals surface area contributed by atoms with E-state index < -0.39 is 0 Å². The second-order valence-corrected chi connectivity index (χ2v) is 7.74. The third-order valence-corrected chi connectivity index (χ3v) is 5.59. The average molecular weight is 456 g/mol. The topological polar surface area (TPSA) is 65.4 Å². The molecular weight excluding hydrogens is 434 g/mol. The van der Waals surface area contributed by atoms with Crippen molar-refractivity contribution in [3.63, 3.8) is 0 Å². The monoisotopic (exact) mass is 455 g/mol. The molecule has 1 aliphatic heterocycles. The lowest BCUT2D eigenvalue weighted by atomic mass is 10.2. The zero-order valence-electron chi connectivity index (χ0n) is 15.9. The molecule has 1 N–H and O–H groups in total. The fourth-order valence-electron chi connectivity index (χ4n) is 3.21. The molecule has 1 fully saturated rings. The molecule has 3 aromatic rings. The number of rotatable bonds is 7. The third kappa shape index (κ3) is 5.05. The van der Waals surface area contributed by atoms with Crippen molar-refractivity contribution in [3.05, 3.63) is 76.4 Å². The van der Waals surface area contributed by atoms with E-state index in [0.717, 1.165) is 35.2 Å². The molecular formula is C22H22BrN3O3. The van der Waals surface area contributed by atoms with Gasteiger partial charge < -0.3 is 14.8 Å². The number of anilines is 1. The van der Waals surface area contributed by atoms with E-state index in [2.05, 4.69) is 26.3 Å². The van der Waals surface area contributed by atoms with Gasteiger partial charge in [-0.1, -0.05) is 34.1 Å². The zero-order valence-corrected chi connectivity index (χ0v) is 17.5. The van der Waals surface area contributed by atoms with Crippen molar-refractivity contribution in [3.8, 4) is 5.75 Å². The molecule has 1 saturated heterocycles. The van der Waals surface area contributed by atoms with E-state index in [4.69, 9.17) is 9.47 Å². The summed E-state index contributed by atoms with van der Waals surface area (Å²) in [5.74, 6) is 1.19. The maximum atomic E-state index is 12.6. The van der Waals surface area contributed by atoms with Crippen molar-refractivity contribution in [2.75, 3.05) is 18.5 Å². The minimum absolute atomic E-state index is 0.169. The van der Waals surface area contributed by atoms with Crippen LogP contribution in [0.5, 0.6) is 5.75 Å². The van der Waals surface area contributed by atoms with Gasteiger partial charge in [0.15, 0.2) is 0 Å². The van der Waals surface area contributed by atoms with Crippen molar-refractivity contribution in [1.82, 2.24) is 9.78 Å². The Morgan fingerprint density at radius 2 is 2.03 bits per heavy atom. The summed E-state index contributed by atoms with van der Waals surface area (Å²) in [5, 5.41) is 7.25. The number of nitrogens with zero attached hydrogens (tertiary/aromatic N) is 2. The highest BCUT2D eigenvalue weighted by molar-refractivity contribution is 9.10. The normalized spacial score (nSPS) is 16.0. The number of hydrogen-bond acceptors (Lipinski definition) is 4. The summed E-state index contributed by atoms with van der Waals surface area (Å²) in [5.41, 5.74) is 1.64. The lowest BCUT2D eigenvalue weighted by Crippen LogP contribution is -2.17. The van der Waals surface area contributed by atoms with Gasteiger partial charge in [-0.2, -0.15) is 5.10 Å². The predicted octanol–water partition coefficient (Wildman–Crippen LogP) is 4.50. The Bertz CT molecular complexity index is 965. The van der Waals surface area contributed by atoms with Gasteiger partial charge in [-0.05, 0) is 48.7 Å². The Labute approximate surface area is 178 Å². The van der Waals surface area contributed by atoms with E-state index in [9.17, 15) is 4.79 Å². The lowest BCUT2D eigenvalue weighted by molar-refractivity contribution is 0.0679. The van der Waals surface area contributed by atoms with Crippen molar-refractivity contribution >= 4 is 27.7 Å². The van der Waals surface area contributed by atoms with Gasteiger partial charge in [0.1, 0.15) is 18.2 Å². The highest BCUT2D eigenvalue weighted by Crippen LogP contribution is 2.20. The molecule has 0 radical (unpaired) electrons. The van der Waals surface area contributed by atoms with Gasteiger partial charge in [0.25, 0.3) is 5.91 Å². The number of carbonyl (C=O) groups is 1. The minimum Gasteiger partial charge on any atom is -0.491 e. The summed E-state index contributed by atoms with van der Waals surface area (Å²) in [7, 11) is 0. The average Bonchev–Trinajstić information content (AvgIpc) is 3.41. The predicted molar refractivity (Wildman–Crippen MR) is 114 cm³/mol. The largest absolute Gasteiger partial charge is 0.491 e. The molecule has 0 spiro atoms. The first-order chi connectivity index (χ1) is 14.2. The van der Waals surface area contributed by atoms with E-state index in [1.807, 2.05) is 36.4 Å². The van der Waals surface area contributed by atoms with E-state index in [1.165, 1.54) is 0 Å². The van der Waals surface area contributed by atoms with Crippen LogP contribution in [-0.2, 0) is 11.3 Å². The molecule has 6 nitrogen and oxygen atoms in total. The summed E-state index contributed by atoms with van der Waals surface area (Å²) >= 11 is 3.55. The molecule has 0 bridgehead atoms. The molecule has 2 aromatic carbocycles. The Hall–Kier alpha value is -2.64. The van der Waals surface area contributed by atoms with Gasteiger partial charge in [-0.3, -0.25) is 4.79 Å². The molecule has 0 aliphatic carbocycles. The highest BCUT2D eigenvalue weighted by atomic mass is 79.9. The molecule has 29 heavy (non-hydrogen) atoms. The van der Waals surface area contributed by atoms with Gasteiger partial charge in [-0.25, -0.2) is 4.68 Å². The number of nitrogens with one attached hydrogen (secondary N) is 1. The van der Waals surface area contributed by atoms with E-state index >= 15 is 0 Å². The lowest BCUT2D eigenvalue weighted by Gasteiger charge is -2.12. The van der Waals surface area contributed by atoms with E-state index in [-0.39, 0.29) is 12.0 Å². The Kier molecular flexibility index (Phi) is 6.27. The summed E-state index contributed by atoms with van der Waals surface area (Å²) in [6.07, 6.45) is 3.97. The first-order valence-electron chi connectivity index (χ1n) is 9.60. The fourth-order valence-corrected chi connectivity index (χ4v) is 3.62. The van der Waals surface area contributed by atoms with Crippen molar-refractivity contribution in [2.45, 2.75) is 25.5 Å². The second kappa shape index (κ2) is 9.24. The molecule has 1 aromatic heterocycles. The summed E-state index contributed by atoms with van der Waals surface area (Å²) in [6, 6.07) is 16.9. The molecule has 4 rings (SSSR count). The molecule has 1 aliphatic rings. The van der Waals surface area contributed by atoms with Crippen molar-refractivity contribution < 1.29 is 14.3 Å². The van der Waals surface area contributed by atoms with Crippen molar-refractivity contribution in [1.29, 1.82) is 0 Å². The zero-order chi connectivity index (χ0) is 20.1. The first kappa shape index (κ1) is 19.7. The summed E-state index contributed by atoms with van der Waals surface area (Å²) < 4.78 is 14.1. The molecule has 0 saturated carbocycles. The summed E-state index contributed by atoms with van der Waals surface area (Å²) in [6.45, 7) is 1.91. The Morgan fingerprint density at radius 3 is 2.79 bits per heavy atom. The van der Waals surface area contributed by atoms with Crippen LogP contribution in [0.3, 0.4) is 0 Å². The molecule has 2 heterocycles. The smallest absolute Gasteiger partial charge is 0.256 e. The highest BCUT2D eigenvalue weighted by Gasteiger charge is 2.16. The second-order valence-electron chi connectivity index (χ2n) is 6.89. The van der Waals surface area contributed by atoms with Crippen LogP contribution in [0.15, 0.2) is 65.3 Å². The standard InChI is InChI=1S/C22H22BrN3O3/c23-20-6-2-1-4-17(20)14-26-21(11-12-24-26)25-22(27)16-7-9-18(10-8-16)29-15-19-5-3-13-28-19/h1-2,4,6-12,19H,3,5,13-15H2,(H,25,27). The van der Waals surface area contributed by atoms with Crippen LogP contribution in [0, 0.1) is 0 Å². The first-order valence-corrected chi connectivity index (χ1v) is 10.4. The third-order valence-electron chi connectivity index (χ3n) is 4.81. The van der Waals surface area contributed by atoms with Gasteiger partial charge in [0, 0.05) is 22.7 Å². The molecule has 1 atom stereocenters. The van der Waals surface area contributed by atoms with Gasteiger partial charge in [0.05, 0.1) is 18.8 Å². The van der Waals surface area contributed by atoms with Crippen molar-refractivity contribution in [2.24, 2.45) is 0 Å². The number of amides is 1. The van der Waals surface area contributed by atoms with Crippen LogP contribution in [0.4, 0.5) is 5.82 Å². The van der Waals surface area contributed by atoms with E-state index in [0.29, 0.717) is 24.5 Å². The van der Waals surface area contributed by atoms with Crippen LogP contribution in [0.2, 0.25) is 0 Å². The molecule has 7 heteroatoms. The van der Waals surface area contributed by atoms with Crippen LogP contribution in [0.25, 0.3) is 0 Å². The Balaban J connectivity index is 1.37. The van der Waals surface area contributed by atoms with Crippen LogP contribution in [0.1, 0.15) is 28.8 Å². The number of halogens is 1.